The van der Waals surface area contributed by atoms with Gasteiger partial charge in [-0.3, -0.25) is 4.79 Å². The summed E-state index contributed by atoms with van der Waals surface area (Å²) in [4.78, 5) is 15.8. The molecule has 1 amide bonds. The Bertz CT molecular complexity index is 1110. The van der Waals surface area contributed by atoms with Gasteiger partial charge in [-0.25, -0.2) is 27.2 Å². The molecule has 3 aromatic rings. The summed E-state index contributed by atoms with van der Waals surface area (Å²) in [5.41, 5.74) is 0.185. The van der Waals surface area contributed by atoms with Crippen LogP contribution in [0.1, 0.15) is 10.4 Å². The molecule has 0 aliphatic heterocycles. The highest BCUT2D eigenvalue weighted by molar-refractivity contribution is 7.89. The van der Waals surface area contributed by atoms with Gasteiger partial charge in [0.05, 0.1) is 40.4 Å². The van der Waals surface area contributed by atoms with E-state index in [1.807, 2.05) is 0 Å². The lowest BCUT2D eigenvalue weighted by molar-refractivity contribution is 0.0978. The monoisotopic (exact) mass is 402 g/mol. The van der Waals surface area contributed by atoms with E-state index in [-0.39, 0.29) is 15.9 Å². The first-order valence-electron chi connectivity index (χ1n) is 6.66. The summed E-state index contributed by atoms with van der Waals surface area (Å²) in [6, 6.07) is 3.60. The second-order valence-corrected chi connectivity index (χ2v) is 7.65. The number of nitrogens with one attached hydrogen (secondary N) is 1. The predicted molar refractivity (Wildman–Crippen MR) is 91.2 cm³/mol. The number of aromatic nitrogens is 3. The number of sulfonamides is 1. The number of pyridine rings is 1. The molecule has 0 radical (unpaired) electrons. The summed E-state index contributed by atoms with van der Waals surface area (Å²) in [6.07, 6.45) is 3.73. The maximum Gasteiger partial charge on any atom is 0.267 e. The zero-order valence-electron chi connectivity index (χ0n) is 12.5. The van der Waals surface area contributed by atoms with Crippen LogP contribution in [0.5, 0.6) is 0 Å². The number of benzene rings is 1. The summed E-state index contributed by atoms with van der Waals surface area (Å²) in [5, 5.41) is 5.05. The maximum atomic E-state index is 14.3. The number of hydrogen-bond acceptors (Lipinski definition) is 5. The molecule has 0 atom stereocenters. The van der Waals surface area contributed by atoms with Crippen LogP contribution >= 0.6 is 23.2 Å². The molecule has 0 saturated heterocycles. The van der Waals surface area contributed by atoms with Crippen LogP contribution in [0.3, 0.4) is 0 Å². The van der Waals surface area contributed by atoms with Crippen molar-refractivity contribution in [2.24, 2.45) is 0 Å². The number of hydrogen-bond donors (Lipinski definition) is 1. The van der Waals surface area contributed by atoms with E-state index in [0.29, 0.717) is 10.9 Å². The highest BCUT2D eigenvalue weighted by atomic mass is 35.5. The van der Waals surface area contributed by atoms with E-state index in [1.54, 1.807) is 10.8 Å². The molecule has 0 fully saturated rings. The van der Waals surface area contributed by atoms with Crippen molar-refractivity contribution < 1.29 is 17.6 Å². The minimum atomic E-state index is -3.83. The Morgan fingerprint density at radius 1 is 1.24 bits per heavy atom. The summed E-state index contributed by atoms with van der Waals surface area (Å²) in [5.74, 6) is -2.07. The normalized spacial score (nSPS) is 11.7. The second-order valence-electron chi connectivity index (χ2n) is 5.11. The first kappa shape index (κ1) is 17.6. The van der Waals surface area contributed by atoms with Gasteiger partial charge in [0.1, 0.15) is 11.0 Å². The van der Waals surface area contributed by atoms with E-state index in [9.17, 15) is 17.6 Å². The van der Waals surface area contributed by atoms with Crippen LogP contribution in [-0.2, 0) is 10.0 Å². The average molecular weight is 403 g/mol. The smallest absolute Gasteiger partial charge is 0.267 e. The van der Waals surface area contributed by atoms with E-state index in [0.717, 1.165) is 18.4 Å². The van der Waals surface area contributed by atoms with Crippen LogP contribution in [0.2, 0.25) is 10.2 Å². The Balaban J connectivity index is 2.09. The van der Waals surface area contributed by atoms with E-state index in [2.05, 4.69) is 10.1 Å². The van der Waals surface area contributed by atoms with E-state index in [4.69, 9.17) is 23.2 Å². The fourth-order valence-corrected chi connectivity index (χ4v) is 3.04. The Kier molecular flexibility index (Phi) is 4.40. The van der Waals surface area contributed by atoms with Crippen molar-refractivity contribution in [3.8, 4) is 5.69 Å². The summed E-state index contributed by atoms with van der Waals surface area (Å²) < 4.78 is 39.6. The van der Waals surface area contributed by atoms with Gasteiger partial charge >= 0.3 is 0 Å². The van der Waals surface area contributed by atoms with Gasteiger partial charge < -0.3 is 0 Å². The number of halogens is 3. The van der Waals surface area contributed by atoms with Gasteiger partial charge in [-0.05, 0) is 12.1 Å². The fraction of sp³-hybridized carbons (Fsp3) is 0.0714. The largest absolute Gasteiger partial charge is 0.268 e. The van der Waals surface area contributed by atoms with Crippen molar-refractivity contribution in [1.29, 1.82) is 0 Å². The van der Waals surface area contributed by atoms with E-state index in [1.165, 1.54) is 17.1 Å². The molecule has 11 heteroatoms. The van der Waals surface area contributed by atoms with Crippen LogP contribution in [0.4, 0.5) is 4.39 Å². The summed E-state index contributed by atoms with van der Waals surface area (Å²) in [7, 11) is -3.83. The molecule has 0 saturated carbocycles. The fourth-order valence-electron chi connectivity index (χ4n) is 2.19. The average Bonchev–Trinajstić information content (AvgIpc) is 2.90. The van der Waals surface area contributed by atoms with Crippen LogP contribution in [-0.4, -0.2) is 35.3 Å². The van der Waals surface area contributed by atoms with Crippen LogP contribution in [0.25, 0.3) is 16.6 Å². The van der Waals surface area contributed by atoms with Gasteiger partial charge in [-0.15, -0.1) is 0 Å². The lowest BCUT2D eigenvalue weighted by Gasteiger charge is -2.10. The highest BCUT2D eigenvalue weighted by Gasteiger charge is 2.20. The molecule has 0 unspecified atom stereocenters. The van der Waals surface area contributed by atoms with E-state index < -0.39 is 27.3 Å². The number of carbonyl (C=O) groups is 1. The van der Waals surface area contributed by atoms with Crippen LogP contribution in [0.15, 0.2) is 30.6 Å². The van der Waals surface area contributed by atoms with Gasteiger partial charge in [0.15, 0.2) is 0 Å². The first-order chi connectivity index (χ1) is 11.7. The molecule has 25 heavy (non-hydrogen) atoms. The Hall–Kier alpha value is -2.23. The Morgan fingerprint density at radius 2 is 1.96 bits per heavy atom. The van der Waals surface area contributed by atoms with Crippen molar-refractivity contribution in [1.82, 2.24) is 19.5 Å². The van der Waals surface area contributed by atoms with Crippen molar-refractivity contribution in [2.45, 2.75) is 0 Å². The lowest BCUT2D eigenvalue weighted by Crippen LogP contribution is -2.30. The molecule has 0 aliphatic carbocycles. The topological polar surface area (TPSA) is 94.0 Å². The van der Waals surface area contributed by atoms with Gasteiger partial charge in [-0.1, -0.05) is 23.2 Å². The van der Waals surface area contributed by atoms with Crippen molar-refractivity contribution in [3.63, 3.8) is 0 Å². The van der Waals surface area contributed by atoms with Crippen LogP contribution < -0.4 is 4.72 Å². The third kappa shape index (κ3) is 3.58. The van der Waals surface area contributed by atoms with Gasteiger partial charge in [0.25, 0.3) is 5.91 Å². The molecule has 0 spiro atoms. The number of rotatable bonds is 3. The SMILES string of the molecule is CS(=O)(=O)NC(=O)c1cc(Cl)c(-n2ncc3cc(Cl)ncc32)cc1F. The quantitative estimate of drug-likeness (QED) is 0.679. The highest BCUT2D eigenvalue weighted by Crippen LogP contribution is 2.27. The van der Waals surface area contributed by atoms with Gasteiger partial charge in [0, 0.05) is 11.5 Å². The number of amides is 1. The molecular formula is C14H9Cl2FN4O3S. The second kappa shape index (κ2) is 6.25. The molecule has 2 aromatic heterocycles. The molecule has 0 bridgehead atoms. The molecule has 3 rings (SSSR count). The number of nitrogens with zero attached hydrogens (tertiary/aromatic N) is 3. The standard InChI is InChI=1S/C14H9Cl2FN4O3S/c1-25(23,24)20-14(22)8-3-9(15)11(4-10(8)17)21-12-6-18-13(16)2-7(12)5-19-21/h2-6H,1H3,(H,20,22). The number of fused-ring (bicyclic) bond motifs is 1. The zero-order valence-corrected chi connectivity index (χ0v) is 14.8. The molecule has 1 N–H and O–H groups in total. The van der Waals surface area contributed by atoms with Crippen LogP contribution in [0, 0.1) is 5.82 Å². The number of carbonyl (C=O) groups excluding carboxylic acids is 1. The van der Waals surface area contributed by atoms with Gasteiger partial charge in [0.2, 0.25) is 10.0 Å². The molecule has 2 heterocycles. The lowest BCUT2D eigenvalue weighted by atomic mass is 10.2. The molecule has 7 nitrogen and oxygen atoms in total. The molecule has 130 valence electrons. The minimum absolute atomic E-state index is 0.000000945. The third-order valence-electron chi connectivity index (χ3n) is 3.21. The van der Waals surface area contributed by atoms with Gasteiger partial charge in [-0.2, -0.15) is 5.10 Å². The van der Waals surface area contributed by atoms with Crippen molar-refractivity contribution in [2.75, 3.05) is 6.26 Å². The third-order valence-corrected chi connectivity index (χ3v) is 4.27. The van der Waals surface area contributed by atoms with Crippen molar-refractivity contribution in [3.05, 3.63) is 52.1 Å². The van der Waals surface area contributed by atoms with Crippen molar-refractivity contribution >= 4 is 50.0 Å². The Labute approximate surface area is 151 Å². The zero-order chi connectivity index (χ0) is 18.4. The molecule has 1 aromatic carbocycles. The maximum absolute atomic E-state index is 14.3. The first-order valence-corrected chi connectivity index (χ1v) is 9.31. The van der Waals surface area contributed by atoms with E-state index >= 15 is 0 Å². The predicted octanol–water partition coefficient (Wildman–Crippen LogP) is 2.56. The summed E-state index contributed by atoms with van der Waals surface area (Å²) in [6.45, 7) is 0. The minimum Gasteiger partial charge on any atom is -0.268 e. The molecular weight excluding hydrogens is 394 g/mol. The summed E-state index contributed by atoms with van der Waals surface area (Å²) >= 11 is 11.9. The Morgan fingerprint density at radius 3 is 2.64 bits per heavy atom. The molecule has 0 aliphatic rings.